The Bertz CT molecular complexity index is 446. The van der Waals surface area contributed by atoms with E-state index in [0.717, 1.165) is 6.42 Å². The van der Waals surface area contributed by atoms with E-state index in [1.165, 1.54) is 15.3 Å². The van der Waals surface area contributed by atoms with Crippen molar-refractivity contribution >= 4 is 11.9 Å². The third-order valence-electron chi connectivity index (χ3n) is 1.96. The molecule has 0 spiro atoms. The van der Waals surface area contributed by atoms with Crippen LogP contribution in [0, 0.1) is 0 Å². The Balaban J connectivity index is 2.71. The number of urea groups is 1. The van der Waals surface area contributed by atoms with Crippen LogP contribution in [0.3, 0.4) is 0 Å². The van der Waals surface area contributed by atoms with Crippen LogP contribution in [-0.4, -0.2) is 21.1 Å². The van der Waals surface area contributed by atoms with Gasteiger partial charge in [0.15, 0.2) is 0 Å². The summed E-state index contributed by atoms with van der Waals surface area (Å²) in [6.07, 6.45) is 3.93. The average Bonchev–Trinajstić information content (AvgIpc) is 2.49. The molecule has 0 radical (unpaired) electrons. The zero-order chi connectivity index (χ0) is 12.1. The predicted molar refractivity (Wildman–Crippen MR) is 56.7 cm³/mol. The first-order valence-corrected chi connectivity index (χ1v) is 4.89. The monoisotopic (exact) mass is 226 g/mol. The molecule has 3 amide bonds. The average molecular weight is 226 g/mol. The summed E-state index contributed by atoms with van der Waals surface area (Å²) >= 11 is 0. The first-order chi connectivity index (χ1) is 7.54. The summed E-state index contributed by atoms with van der Waals surface area (Å²) in [7, 11) is 0. The normalized spacial score (nSPS) is 10.1. The molecular weight excluding hydrogens is 212 g/mol. The van der Waals surface area contributed by atoms with Gasteiger partial charge in [-0.15, -0.1) is 0 Å². The Morgan fingerprint density at radius 2 is 2.00 bits per heavy atom. The molecule has 1 aromatic heterocycles. The minimum Gasteiger partial charge on any atom is -0.351 e. The zero-order valence-corrected chi connectivity index (χ0v) is 8.97. The van der Waals surface area contributed by atoms with Crippen molar-refractivity contribution in [3.8, 4) is 0 Å². The van der Waals surface area contributed by atoms with Gasteiger partial charge in [0, 0.05) is 18.9 Å². The molecule has 1 aromatic rings. The number of nitrogens with zero attached hydrogens (tertiary/aromatic N) is 2. The van der Waals surface area contributed by atoms with Crippen LogP contribution < -0.4 is 16.7 Å². The van der Waals surface area contributed by atoms with E-state index in [9.17, 15) is 14.4 Å². The first kappa shape index (κ1) is 12.0. The number of imide groups is 1. The van der Waals surface area contributed by atoms with Crippen molar-refractivity contribution < 1.29 is 9.59 Å². The number of rotatable bonds is 4. The molecule has 0 unspecified atom stereocenters. The van der Waals surface area contributed by atoms with Crippen LogP contribution in [0.4, 0.5) is 4.79 Å². The number of nitrogens with one attached hydrogen (secondary N) is 1. The molecule has 0 saturated carbocycles. The lowest BCUT2D eigenvalue weighted by atomic mass is 10.5. The van der Waals surface area contributed by atoms with E-state index >= 15 is 0 Å². The van der Waals surface area contributed by atoms with Crippen LogP contribution in [0.25, 0.3) is 0 Å². The van der Waals surface area contributed by atoms with Crippen LogP contribution in [-0.2, 0) is 17.9 Å². The third kappa shape index (κ3) is 2.97. The van der Waals surface area contributed by atoms with Gasteiger partial charge in [0.1, 0.15) is 6.54 Å². The smallest absolute Gasteiger partial charge is 0.328 e. The molecule has 16 heavy (non-hydrogen) atoms. The second kappa shape index (κ2) is 5.15. The molecule has 7 heteroatoms. The van der Waals surface area contributed by atoms with Gasteiger partial charge in [0.2, 0.25) is 5.91 Å². The van der Waals surface area contributed by atoms with Gasteiger partial charge < -0.3 is 5.73 Å². The van der Waals surface area contributed by atoms with Gasteiger partial charge in [0.05, 0.1) is 0 Å². The summed E-state index contributed by atoms with van der Waals surface area (Å²) < 4.78 is 2.71. The van der Waals surface area contributed by atoms with Crippen LogP contribution in [0.2, 0.25) is 0 Å². The van der Waals surface area contributed by atoms with Gasteiger partial charge in [0.25, 0.3) is 0 Å². The Morgan fingerprint density at radius 1 is 1.38 bits per heavy atom. The minimum atomic E-state index is -0.925. The molecule has 88 valence electrons. The van der Waals surface area contributed by atoms with E-state index < -0.39 is 11.9 Å². The highest BCUT2D eigenvalue weighted by Crippen LogP contribution is 1.88. The highest BCUT2D eigenvalue weighted by Gasteiger charge is 2.08. The van der Waals surface area contributed by atoms with Crippen molar-refractivity contribution in [3.05, 3.63) is 22.9 Å². The number of carbonyl (C=O) groups is 2. The Labute approximate surface area is 91.8 Å². The molecular formula is C9H14N4O3. The molecule has 3 N–H and O–H groups in total. The highest BCUT2D eigenvalue weighted by atomic mass is 16.2. The molecule has 0 bridgehead atoms. The number of imidazole rings is 1. The summed E-state index contributed by atoms with van der Waals surface area (Å²) in [5.41, 5.74) is 4.50. The fourth-order valence-corrected chi connectivity index (χ4v) is 1.32. The Morgan fingerprint density at radius 3 is 2.56 bits per heavy atom. The Hall–Kier alpha value is -2.05. The summed E-state index contributed by atoms with van der Waals surface area (Å²) in [6, 6.07) is -0.925. The van der Waals surface area contributed by atoms with Crippen molar-refractivity contribution in [1.82, 2.24) is 14.5 Å². The molecule has 7 nitrogen and oxygen atoms in total. The highest BCUT2D eigenvalue weighted by molar-refractivity contribution is 5.93. The number of aromatic nitrogens is 2. The summed E-state index contributed by atoms with van der Waals surface area (Å²) in [6.45, 7) is 2.34. The van der Waals surface area contributed by atoms with Gasteiger partial charge in [-0.2, -0.15) is 0 Å². The predicted octanol–water partition coefficient (Wildman–Crippen LogP) is -0.745. The fraction of sp³-hybridized carbons (Fsp3) is 0.444. The number of amides is 3. The maximum absolute atomic E-state index is 11.6. The molecule has 0 aliphatic heterocycles. The molecule has 0 fully saturated rings. The molecule has 0 aliphatic rings. The summed E-state index contributed by atoms with van der Waals surface area (Å²) in [4.78, 5) is 33.2. The quantitative estimate of drug-likeness (QED) is 0.706. The van der Waals surface area contributed by atoms with Crippen molar-refractivity contribution in [3.63, 3.8) is 0 Å². The minimum absolute atomic E-state index is 0.210. The first-order valence-electron chi connectivity index (χ1n) is 4.89. The van der Waals surface area contributed by atoms with E-state index in [1.54, 1.807) is 6.20 Å². The molecule has 1 heterocycles. The number of hydrogen-bond acceptors (Lipinski definition) is 3. The zero-order valence-electron chi connectivity index (χ0n) is 8.97. The van der Waals surface area contributed by atoms with E-state index in [2.05, 4.69) is 0 Å². The van der Waals surface area contributed by atoms with Crippen molar-refractivity contribution in [2.24, 2.45) is 5.73 Å². The molecule has 0 atom stereocenters. The number of primary amides is 1. The Kier molecular flexibility index (Phi) is 3.87. The topological polar surface area (TPSA) is 99.1 Å². The van der Waals surface area contributed by atoms with Crippen molar-refractivity contribution in [2.45, 2.75) is 26.4 Å². The van der Waals surface area contributed by atoms with Crippen LogP contribution in [0.5, 0.6) is 0 Å². The van der Waals surface area contributed by atoms with Gasteiger partial charge >= 0.3 is 11.7 Å². The second-order valence-corrected chi connectivity index (χ2v) is 3.31. The number of carbonyl (C=O) groups excluding carboxylic acids is 2. The van der Waals surface area contributed by atoms with Gasteiger partial charge in [-0.1, -0.05) is 6.92 Å². The van der Waals surface area contributed by atoms with Crippen molar-refractivity contribution in [2.75, 3.05) is 0 Å². The third-order valence-corrected chi connectivity index (χ3v) is 1.96. The van der Waals surface area contributed by atoms with Gasteiger partial charge in [-0.3, -0.25) is 19.2 Å². The lowest BCUT2D eigenvalue weighted by Crippen LogP contribution is -2.39. The molecule has 1 rings (SSSR count). The van der Waals surface area contributed by atoms with Crippen LogP contribution in [0.15, 0.2) is 17.2 Å². The number of nitrogens with two attached hydrogens (primary N) is 1. The van der Waals surface area contributed by atoms with E-state index in [-0.39, 0.29) is 12.2 Å². The van der Waals surface area contributed by atoms with Crippen LogP contribution >= 0.6 is 0 Å². The van der Waals surface area contributed by atoms with Gasteiger partial charge in [-0.25, -0.2) is 9.59 Å². The lowest BCUT2D eigenvalue weighted by Gasteiger charge is -2.01. The summed E-state index contributed by atoms with van der Waals surface area (Å²) in [5, 5.41) is 1.89. The lowest BCUT2D eigenvalue weighted by molar-refractivity contribution is -0.120. The fourth-order valence-electron chi connectivity index (χ4n) is 1.32. The maximum Gasteiger partial charge on any atom is 0.328 e. The largest absolute Gasteiger partial charge is 0.351 e. The SMILES string of the molecule is CCCn1ccn(CC(=O)NC(N)=O)c1=O. The maximum atomic E-state index is 11.6. The summed E-state index contributed by atoms with van der Waals surface area (Å²) in [5.74, 6) is -0.608. The number of aryl methyl sites for hydroxylation is 1. The number of hydrogen-bond donors (Lipinski definition) is 2. The van der Waals surface area contributed by atoms with E-state index in [0.29, 0.717) is 6.54 Å². The van der Waals surface area contributed by atoms with E-state index in [4.69, 9.17) is 5.73 Å². The van der Waals surface area contributed by atoms with Gasteiger partial charge in [-0.05, 0) is 6.42 Å². The second-order valence-electron chi connectivity index (χ2n) is 3.31. The molecule has 0 aromatic carbocycles. The molecule has 0 aliphatic carbocycles. The van der Waals surface area contributed by atoms with Crippen molar-refractivity contribution in [1.29, 1.82) is 0 Å². The standard InChI is InChI=1S/C9H14N4O3/c1-2-3-12-4-5-13(9(12)16)6-7(14)11-8(10)15/h4-5H,2-3,6H2,1H3,(H3,10,11,14,15). The van der Waals surface area contributed by atoms with E-state index in [1.807, 2.05) is 12.2 Å². The molecule has 0 saturated heterocycles. The van der Waals surface area contributed by atoms with Crippen LogP contribution in [0.1, 0.15) is 13.3 Å².